The average molecular weight is 328 g/mol. The van der Waals surface area contributed by atoms with Crippen molar-refractivity contribution in [2.45, 2.75) is 52.2 Å². The minimum Gasteiger partial charge on any atom is -0.464 e. The third-order valence-electron chi connectivity index (χ3n) is 3.76. The topological polar surface area (TPSA) is 61.8 Å². The lowest BCUT2D eigenvalue weighted by Gasteiger charge is -2.25. The van der Waals surface area contributed by atoms with Crippen molar-refractivity contribution in [3.8, 4) is 11.5 Å². The predicted molar refractivity (Wildman–Crippen MR) is 84.8 cm³/mol. The van der Waals surface area contributed by atoms with Gasteiger partial charge in [0.15, 0.2) is 0 Å². The van der Waals surface area contributed by atoms with E-state index >= 15 is 0 Å². The van der Waals surface area contributed by atoms with E-state index in [2.05, 4.69) is 0 Å². The summed E-state index contributed by atoms with van der Waals surface area (Å²) in [5, 5.41) is 0. The molecule has 1 aromatic carbocycles. The van der Waals surface area contributed by atoms with Gasteiger partial charge in [0.1, 0.15) is 11.5 Å². The second kappa shape index (κ2) is 6.46. The predicted octanol–water partition coefficient (Wildman–Crippen LogP) is 3.23. The van der Waals surface area contributed by atoms with E-state index in [1.165, 1.54) is 0 Å². The Labute approximate surface area is 132 Å². The summed E-state index contributed by atoms with van der Waals surface area (Å²) in [4.78, 5) is 0. The smallest absolute Gasteiger partial charge is 0.309 e. The third-order valence-corrected chi connectivity index (χ3v) is 4.99. The van der Waals surface area contributed by atoms with E-state index < -0.39 is 10.1 Å². The van der Waals surface area contributed by atoms with Gasteiger partial charge in [-0.15, -0.1) is 0 Å². The van der Waals surface area contributed by atoms with Crippen LogP contribution in [0.5, 0.6) is 11.5 Å². The molecule has 124 valence electrons. The van der Waals surface area contributed by atoms with Gasteiger partial charge in [0, 0.05) is 12.2 Å². The van der Waals surface area contributed by atoms with Gasteiger partial charge in [-0.1, -0.05) is 13.3 Å². The van der Waals surface area contributed by atoms with Crippen LogP contribution in [0.25, 0.3) is 0 Å². The molecule has 5 nitrogen and oxygen atoms in total. The Morgan fingerprint density at radius 3 is 2.64 bits per heavy atom. The van der Waals surface area contributed by atoms with E-state index in [-0.39, 0.29) is 17.5 Å². The van der Waals surface area contributed by atoms with E-state index in [9.17, 15) is 8.42 Å². The minimum absolute atomic E-state index is 0.0298. The summed E-state index contributed by atoms with van der Waals surface area (Å²) in [6.45, 7) is 8.43. The molecule has 2 rings (SSSR count). The van der Waals surface area contributed by atoms with Crippen molar-refractivity contribution < 1.29 is 22.1 Å². The van der Waals surface area contributed by atoms with Crippen molar-refractivity contribution in [2.75, 3.05) is 12.4 Å². The van der Waals surface area contributed by atoms with Crippen LogP contribution in [0.4, 0.5) is 0 Å². The SMILES string of the molecule is CCCCS(=O)(=O)Oc1ccc2c(c1)C(C)(C)C(OCC)O2. The quantitative estimate of drug-likeness (QED) is 0.719. The zero-order chi connectivity index (χ0) is 16.4. The van der Waals surface area contributed by atoms with Gasteiger partial charge in [0.2, 0.25) is 6.29 Å². The zero-order valence-corrected chi connectivity index (χ0v) is 14.4. The highest BCUT2D eigenvalue weighted by Crippen LogP contribution is 2.44. The first-order chi connectivity index (χ1) is 10.3. The number of hydrogen-bond donors (Lipinski definition) is 0. The lowest BCUT2D eigenvalue weighted by Crippen LogP contribution is -2.34. The van der Waals surface area contributed by atoms with Crippen LogP contribution in [0.3, 0.4) is 0 Å². The van der Waals surface area contributed by atoms with Gasteiger partial charge in [-0.05, 0) is 45.4 Å². The molecule has 1 aliphatic heterocycles. The molecule has 1 aromatic rings. The highest BCUT2D eigenvalue weighted by Gasteiger charge is 2.42. The van der Waals surface area contributed by atoms with Crippen LogP contribution in [0, 0.1) is 0 Å². The van der Waals surface area contributed by atoms with Crippen molar-refractivity contribution in [1.82, 2.24) is 0 Å². The minimum atomic E-state index is -3.55. The third kappa shape index (κ3) is 3.55. The van der Waals surface area contributed by atoms with Crippen LogP contribution in [-0.2, 0) is 20.3 Å². The molecule has 0 N–H and O–H groups in total. The maximum Gasteiger partial charge on any atom is 0.309 e. The molecule has 0 aromatic heterocycles. The van der Waals surface area contributed by atoms with Gasteiger partial charge in [-0.2, -0.15) is 8.42 Å². The van der Waals surface area contributed by atoms with Crippen LogP contribution in [0.15, 0.2) is 18.2 Å². The largest absolute Gasteiger partial charge is 0.464 e. The first-order valence-corrected chi connectivity index (χ1v) is 9.23. The second-order valence-electron chi connectivity index (χ2n) is 5.98. The Bertz CT molecular complexity index is 621. The molecule has 1 aliphatic rings. The molecule has 0 fully saturated rings. The van der Waals surface area contributed by atoms with Crippen LogP contribution < -0.4 is 8.92 Å². The fourth-order valence-corrected chi connectivity index (χ4v) is 3.58. The van der Waals surface area contributed by atoms with Crippen LogP contribution in [-0.4, -0.2) is 27.1 Å². The Balaban J connectivity index is 2.22. The molecule has 0 saturated heterocycles. The number of ether oxygens (including phenoxy) is 2. The average Bonchev–Trinajstić information content (AvgIpc) is 2.69. The first kappa shape index (κ1) is 17.1. The fraction of sp³-hybridized carbons (Fsp3) is 0.625. The van der Waals surface area contributed by atoms with Crippen molar-refractivity contribution in [1.29, 1.82) is 0 Å². The molecule has 6 heteroatoms. The number of hydrogen-bond acceptors (Lipinski definition) is 5. The maximum absolute atomic E-state index is 11.9. The van der Waals surface area contributed by atoms with Crippen LogP contribution in [0.1, 0.15) is 46.1 Å². The molecule has 0 saturated carbocycles. The molecule has 0 spiro atoms. The van der Waals surface area contributed by atoms with Crippen molar-refractivity contribution in [3.05, 3.63) is 23.8 Å². The lowest BCUT2D eigenvalue weighted by atomic mass is 9.85. The number of rotatable bonds is 7. The first-order valence-electron chi connectivity index (χ1n) is 7.65. The van der Waals surface area contributed by atoms with E-state index in [4.69, 9.17) is 13.7 Å². The molecule has 1 heterocycles. The summed E-state index contributed by atoms with van der Waals surface area (Å²) in [5.41, 5.74) is 0.534. The van der Waals surface area contributed by atoms with Gasteiger partial charge in [-0.3, -0.25) is 0 Å². The lowest BCUT2D eigenvalue weighted by molar-refractivity contribution is -0.0981. The number of unbranched alkanes of at least 4 members (excludes halogenated alkanes) is 1. The van der Waals surface area contributed by atoms with Crippen LogP contribution in [0.2, 0.25) is 0 Å². The van der Waals surface area contributed by atoms with E-state index in [1.807, 2.05) is 27.7 Å². The summed E-state index contributed by atoms with van der Waals surface area (Å²) in [5.74, 6) is 1.06. The molecule has 0 aliphatic carbocycles. The van der Waals surface area contributed by atoms with E-state index in [0.717, 1.165) is 12.0 Å². The van der Waals surface area contributed by atoms with Crippen molar-refractivity contribution in [2.24, 2.45) is 0 Å². The van der Waals surface area contributed by atoms with Gasteiger partial charge in [0.05, 0.1) is 11.2 Å². The second-order valence-corrected chi connectivity index (χ2v) is 7.67. The monoisotopic (exact) mass is 328 g/mol. The molecule has 1 unspecified atom stereocenters. The standard InChI is InChI=1S/C16H24O5S/c1-5-7-10-22(17,18)21-12-8-9-14-13(11-12)16(3,4)15(20-14)19-6-2/h8-9,11,15H,5-7,10H2,1-4H3. The Morgan fingerprint density at radius 2 is 2.00 bits per heavy atom. The van der Waals surface area contributed by atoms with Gasteiger partial charge in [0.25, 0.3) is 0 Å². The summed E-state index contributed by atoms with van der Waals surface area (Å²) in [6, 6.07) is 5.09. The van der Waals surface area contributed by atoms with E-state index in [0.29, 0.717) is 24.5 Å². The number of benzene rings is 1. The highest BCUT2D eigenvalue weighted by molar-refractivity contribution is 7.87. The van der Waals surface area contributed by atoms with Crippen molar-refractivity contribution >= 4 is 10.1 Å². The van der Waals surface area contributed by atoms with Gasteiger partial charge >= 0.3 is 10.1 Å². The summed E-state index contributed by atoms with van der Waals surface area (Å²) in [6.07, 6.45) is 1.03. The van der Waals surface area contributed by atoms with Crippen molar-refractivity contribution in [3.63, 3.8) is 0 Å². The molecule has 0 amide bonds. The van der Waals surface area contributed by atoms with Gasteiger partial charge in [-0.25, -0.2) is 0 Å². The van der Waals surface area contributed by atoms with E-state index in [1.54, 1.807) is 18.2 Å². The highest BCUT2D eigenvalue weighted by atomic mass is 32.2. The van der Waals surface area contributed by atoms with Crippen LogP contribution >= 0.6 is 0 Å². The summed E-state index contributed by atoms with van der Waals surface area (Å²) in [7, 11) is -3.55. The number of fused-ring (bicyclic) bond motifs is 1. The summed E-state index contributed by atoms with van der Waals surface area (Å²) >= 11 is 0. The van der Waals surface area contributed by atoms with Gasteiger partial charge < -0.3 is 13.7 Å². The molecule has 22 heavy (non-hydrogen) atoms. The summed E-state index contributed by atoms with van der Waals surface area (Å²) < 4.78 is 40.4. The fourth-order valence-electron chi connectivity index (χ4n) is 2.46. The maximum atomic E-state index is 11.9. The Morgan fingerprint density at radius 1 is 1.27 bits per heavy atom. The molecule has 0 radical (unpaired) electrons. The molecule has 1 atom stereocenters. The Kier molecular flexibility index (Phi) is 5.02. The normalized spacial score (nSPS) is 19.5. The molecular weight excluding hydrogens is 304 g/mol. The zero-order valence-electron chi connectivity index (χ0n) is 13.6. The molecule has 0 bridgehead atoms. The molecular formula is C16H24O5S. The Hall–Kier alpha value is -1.27.